The molecule has 6 heteroatoms. The van der Waals surface area contributed by atoms with Gasteiger partial charge >= 0.3 is 0 Å². The molecule has 2 aromatic rings. The van der Waals surface area contributed by atoms with Gasteiger partial charge in [0.25, 0.3) is 5.69 Å². The van der Waals surface area contributed by atoms with Crippen molar-refractivity contribution in [2.24, 2.45) is 0 Å². The van der Waals surface area contributed by atoms with Crippen molar-refractivity contribution in [3.63, 3.8) is 0 Å². The maximum Gasteiger partial charge on any atom is 0.289 e. The summed E-state index contributed by atoms with van der Waals surface area (Å²) >= 11 is 5.77. The molecule has 0 fully saturated rings. The maximum absolute atomic E-state index is 12.8. The highest BCUT2D eigenvalue weighted by Gasteiger charge is 2.13. The molecule has 0 heterocycles. The van der Waals surface area contributed by atoms with Crippen LogP contribution in [0.15, 0.2) is 42.5 Å². The molecule has 21 heavy (non-hydrogen) atoms. The predicted octanol–water partition coefficient (Wildman–Crippen LogP) is 4.43. The smallest absolute Gasteiger partial charge is 0.289 e. The number of halogens is 2. The van der Waals surface area contributed by atoms with Crippen molar-refractivity contribution in [1.29, 1.82) is 0 Å². The van der Waals surface area contributed by atoms with Crippen molar-refractivity contribution in [3.8, 4) is 0 Å². The van der Waals surface area contributed by atoms with E-state index in [0.29, 0.717) is 12.1 Å². The summed E-state index contributed by atoms with van der Waals surface area (Å²) in [5.74, 6) is -0.271. The Labute approximate surface area is 126 Å². The summed E-state index contributed by atoms with van der Waals surface area (Å²) in [6.45, 7) is 1.95. The van der Waals surface area contributed by atoms with Gasteiger partial charge in [0, 0.05) is 17.8 Å². The molecule has 0 aliphatic heterocycles. The quantitative estimate of drug-likeness (QED) is 0.656. The van der Waals surface area contributed by atoms with Gasteiger partial charge in [-0.15, -0.1) is 0 Å². The molecule has 0 aromatic heterocycles. The summed E-state index contributed by atoms with van der Waals surface area (Å²) in [7, 11) is 0. The van der Waals surface area contributed by atoms with Crippen LogP contribution in [0.25, 0.3) is 0 Å². The van der Waals surface area contributed by atoms with Crippen molar-refractivity contribution in [3.05, 3.63) is 69.0 Å². The summed E-state index contributed by atoms with van der Waals surface area (Å²) in [4.78, 5) is 10.3. The second-order valence-electron chi connectivity index (χ2n) is 4.80. The van der Waals surface area contributed by atoms with E-state index in [4.69, 9.17) is 11.6 Å². The van der Waals surface area contributed by atoms with E-state index in [1.807, 2.05) is 6.92 Å². The van der Waals surface area contributed by atoms with Gasteiger partial charge in [0.2, 0.25) is 0 Å². The van der Waals surface area contributed by atoms with E-state index < -0.39 is 4.92 Å². The van der Waals surface area contributed by atoms with Crippen LogP contribution in [0.5, 0.6) is 0 Å². The molecule has 0 amide bonds. The Morgan fingerprint density at radius 2 is 1.95 bits per heavy atom. The van der Waals surface area contributed by atoms with Gasteiger partial charge in [-0.3, -0.25) is 10.1 Å². The number of nitro benzene ring substituents is 1. The standard InChI is InChI=1S/C15H14ClFN2O2/c1-10(8-11-2-4-12(17)5-3-11)18-13-6-7-14(16)15(9-13)19(20)21/h2-7,9-10,18H,8H2,1H3. The van der Waals surface area contributed by atoms with Crippen molar-refractivity contribution >= 4 is 23.0 Å². The molecule has 1 unspecified atom stereocenters. The van der Waals surface area contributed by atoms with E-state index in [9.17, 15) is 14.5 Å². The van der Waals surface area contributed by atoms with E-state index in [0.717, 1.165) is 5.56 Å². The highest BCUT2D eigenvalue weighted by molar-refractivity contribution is 6.32. The zero-order valence-corrected chi connectivity index (χ0v) is 12.1. The highest BCUT2D eigenvalue weighted by Crippen LogP contribution is 2.27. The van der Waals surface area contributed by atoms with Gasteiger partial charge in [0.15, 0.2) is 0 Å². The summed E-state index contributed by atoms with van der Waals surface area (Å²) in [5, 5.41) is 14.1. The molecule has 0 aliphatic carbocycles. The third kappa shape index (κ3) is 4.16. The maximum atomic E-state index is 12.8. The van der Waals surface area contributed by atoms with Crippen LogP contribution in [0.3, 0.4) is 0 Å². The lowest BCUT2D eigenvalue weighted by Gasteiger charge is -2.15. The fourth-order valence-corrected chi connectivity index (χ4v) is 2.24. The van der Waals surface area contributed by atoms with Crippen molar-refractivity contribution in [1.82, 2.24) is 0 Å². The first kappa shape index (κ1) is 15.3. The SMILES string of the molecule is CC(Cc1ccc(F)cc1)Nc1ccc(Cl)c([N+](=O)[O-])c1. The Kier molecular flexibility index (Phi) is 4.75. The van der Waals surface area contributed by atoms with E-state index in [-0.39, 0.29) is 22.6 Å². The van der Waals surface area contributed by atoms with E-state index in [1.54, 1.807) is 18.2 Å². The van der Waals surface area contributed by atoms with Gasteiger partial charge in [0.05, 0.1) is 4.92 Å². The molecule has 0 radical (unpaired) electrons. The van der Waals surface area contributed by atoms with Crippen LogP contribution in [0.2, 0.25) is 5.02 Å². The van der Waals surface area contributed by atoms with Gasteiger partial charge in [-0.2, -0.15) is 0 Å². The van der Waals surface area contributed by atoms with Crippen molar-refractivity contribution in [2.75, 3.05) is 5.32 Å². The first-order valence-corrected chi connectivity index (χ1v) is 6.78. The summed E-state index contributed by atoms with van der Waals surface area (Å²) < 4.78 is 12.8. The fraction of sp³-hybridized carbons (Fsp3) is 0.200. The first-order chi connectivity index (χ1) is 9.95. The van der Waals surface area contributed by atoms with Crippen molar-refractivity contribution in [2.45, 2.75) is 19.4 Å². The largest absolute Gasteiger partial charge is 0.382 e. The van der Waals surface area contributed by atoms with Gasteiger partial charge in [-0.1, -0.05) is 23.7 Å². The number of benzene rings is 2. The number of hydrogen-bond acceptors (Lipinski definition) is 3. The lowest BCUT2D eigenvalue weighted by Crippen LogP contribution is -2.18. The van der Waals surface area contributed by atoms with Crippen molar-refractivity contribution < 1.29 is 9.31 Å². The number of nitrogens with one attached hydrogen (secondary N) is 1. The molecular weight excluding hydrogens is 295 g/mol. The normalized spacial score (nSPS) is 12.0. The van der Waals surface area contributed by atoms with Crippen LogP contribution in [-0.2, 0) is 6.42 Å². The predicted molar refractivity (Wildman–Crippen MR) is 81.3 cm³/mol. The molecule has 2 rings (SSSR count). The highest BCUT2D eigenvalue weighted by atomic mass is 35.5. The van der Waals surface area contributed by atoms with E-state index in [1.165, 1.54) is 24.3 Å². The number of nitrogens with zero attached hydrogens (tertiary/aromatic N) is 1. The fourth-order valence-electron chi connectivity index (χ4n) is 2.05. The molecule has 1 atom stereocenters. The molecule has 0 aliphatic rings. The number of hydrogen-bond donors (Lipinski definition) is 1. The average molecular weight is 309 g/mol. The minimum Gasteiger partial charge on any atom is -0.382 e. The van der Waals surface area contributed by atoms with Gasteiger partial charge in [-0.25, -0.2) is 4.39 Å². The molecule has 4 nitrogen and oxygen atoms in total. The summed E-state index contributed by atoms with van der Waals surface area (Å²) in [5.41, 5.74) is 1.48. The van der Waals surface area contributed by atoms with Crippen LogP contribution < -0.4 is 5.32 Å². The molecule has 0 saturated heterocycles. The summed E-state index contributed by atoms with van der Waals surface area (Å²) in [6, 6.07) is 10.9. The Morgan fingerprint density at radius 3 is 2.57 bits per heavy atom. The van der Waals surface area contributed by atoms with Gasteiger partial charge < -0.3 is 5.32 Å². The zero-order valence-electron chi connectivity index (χ0n) is 11.3. The van der Waals surface area contributed by atoms with Crippen LogP contribution in [-0.4, -0.2) is 11.0 Å². The lowest BCUT2D eigenvalue weighted by molar-refractivity contribution is -0.384. The van der Waals surface area contributed by atoms with Crippen LogP contribution >= 0.6 is 11.6 Å². The Morgan fingerprint density at radius 1 is 1.29 bits per heavy atom. The number of nitro groups is 1. The van der Waals surface area contributed by atoms with E-state index in [2.05, 4.69) is 5.32 Å². The minimum atomic E-state index is -0.516. The molecule has 0 bridgehead atoms. The molecule has 110 valence electrons. The van der Waals surface area contributed by atoms with Crippen LogP contribution in [0.4, 0.5) is 15.8 Å². The van der Waals surface area contributed by atoms with E-state index >= 15 is 0 Å². The molecular formula is C15H14ClFN2O2. The minimum absolute atomic E-state index is 0.0382. The van der Waals surface area contributed by atoms with Crippen LogP contribution in [0.1, 0.15) is 12.5 Å². The molecule has 0 spiro atoms. The van der Waals surface area contributed by atoms with Crippen LogP contribution in [0, 0.1) is 15.9 Å². The first-order valence-electron chi connectivity index (χ1n) is 6.40. The third-order valence-electron chi connectivity index (χ3n) is 3.01. The zero-order chi connectivity index (χ0) is 15.4. The molecule has 2 aromatic carbocycles. The Balaban J connectivity index is 2.05. The second-order valence-corrected chi connectivity index (χ2v) is 5.21. The number of rotatable bonds is 5. The van der Waals surface area contributed by atoms with Gasteiger partial charge in [0.1, 0.15) is 10.8 Å². The number of anilines is 1. The third-order valence-corrected chi connectivity index (χ3v) is 3.33. The molecule has 0 saturated carbocycles. The summed E-state index contributed by atoms with van der Waals surface area (Å²) in [6.07, 6.45) is 0.677. The monoisotopic (exact) mass is 308 g/mol. The molecule has 1 N–H and O–H groups in total. The average Bonchev–Trinajstić information content (AvgIpc) is 2.43. The topological polar surface area (TPSA) is 55.2 Å². The second kappa shape index (κ2) is 6.54. The lowest BCUT2D eigenvalue weighted by atomic mass is 10.1. The Hall–Kier alpha value is -2.14. The van der Waals surface area contributed by atoms with Gasteiger partial charge in [-0.05, 0) is 43.2 Å². The Bertz CT molecular complexity index is 647.